The van der Waals surface area contributed by atoms with Crippen LogP contribution in [0, 0.1) is 0 Å². The minimum absolute atomic E-state index is 0.0616. The Kier molecular flexibility index (Phi) is 5.16. The molecule has 4 rings (SSSR count). The number of aromatic nitrogens is 2. The number of sulfonamides is 1. The molecule has 0 bridgehead atoms. The fourth-order valence-electron chi connectivity index (χ4n) is 2.77. The van der Waals surface area contributed by atoms with Crippen LogP contribution >= 0.6 is 34.5 Å². The summed E-state index contributed by atoms with van der Waals surface area (Å²) in [5, 5.41) is 1.81. The lowest BCUT2D eigenvalue weighted by Crippen LogP contribution is -2.15. The third kappa shape index (κ3) is 3.66. The van der Waals surface area contributed by atoms with Crippen LogP contribution in [-0.4, -0.2) is 17.8 Å². The highest BCUT2D eigenvalue weighted by Gasteiger charge is 2.23. The first kappa shape index (κ1) is 19.0. The molecule has 0 radical (unpaired) electrons. The Bertz CT molecular complexity index is 1260. The number of anilines is 1. The summed E-state index contributed by atoms with van der Waals surface area (Å²) in [6, 6.07) is 17.5. The maximum atomic E-state index is 13.0. The van der Waals surface area contributed by atoms with Crippen LogP contribution < -0.4 is 4.72 Å². The third-order valence-electron chi connectivity index (χ3n) is 3.98. The second-order valence-electron chi connectivity index (χ2n) is 5.81. The Balaban J connectivity index is 1.94. The predicted octanol–water partition coefficient (Wildman–Crippen LogP) is 5.64. The van der Waals surface area contributed by atoms with E-state index in [0.29, 0.717) is 22.2 Å². The number of nitrogens with one attached hydrogen (secondary N) is 1. The molecule has 9 heteroatoms. The molecule has 0 fully saturated rings. The van der Waals surface area contributed by atoms with E-state index >= 15 is 0 Å². The van der Waals surface area contributed by atoms with Gasteiger partial charge in [-0.3, -0.25) is 9.12 Å². The molecule has 0 aliphatic heterocycles. The molecule has 0 atom stereocenters. The van der Waals surface area contributed by atoms with Crippen molar-refractivity contribution in [1.82, 2.24) is 9.38 Å². The van der Waals surface area contributed by atoms with Gasteiger partial charge in [-0.2, -0.15) is 0 Å². The van der Waals surface area contributed by atoms with Gasteiger partial charge in [0.15, 0.2) is 10.8 Å². The molecule has 4 aromatic rings. The second-order valence-corrected chi connectivity index (χ2v) is 9.33. The first-order valence-electron chi connectivity index (χ1n) is 8.11. The largest absolute Gasteiger partial charge is 0.269 e. The summed E-state index contributed by atoms with van der Waals surface area (Å²) in [4.78, 5) is 5.40. The van der Waals surface area contributed by atoms with Gasteiger partial charge in [0.2, 0.25) is 0 Å². The van der Waals surface area contributed by atoms with Crippen molar-refractivity contribution in [2.75, 3.05) is 4.72 Å². The summed E-state index contributed by atoms with van der Waals surface area (Å²) in [6.07, 6.45) is 1.55. The predicted molar refractivity (Wildman–Crippen MR) is 115 cm³/mol. The van der Waals surface area contributed by atoms with Crippen molar-refractivity contribution in [3.8, 4) is 11.3 Å². The van der Waals surface area contributed by atoms with Crippen LogP contribution in [0.3, 0.4) is 0 Å². The van der Waals surface area contributed by atoms with Gasteiger partial charge >= 0.3 is 0 Å². The number of benzene rings is 2. The van der Waals surface area contributed by atoms with E-state index in [0.717, 1.165) is 5.56 Å². The van der Waals surface area contributed by atoms with Gasteiger partial charge < -0.3 is 0 Å². The van der Waals surface area contributed by atoms with Crippen LogP contribution in [0.5, 0.6) is 0 Å². The number of halogens is 2. The third-order valence-corrected chi connectivity index (χ3v) is 6.40. The van der Waals surface area contributed by atoms with E-state index in [1.807, 2.05) is 35.7 Å². The zero-order chi connectivity index (χ0) is 19.7. The van der Waals surface area contributed by atoms with E-state index in [1.54, 1.807) is 28.7 Å². The minimum Gasteiger partial charge on any atom is -0.269 e. The maximum Gasteiger partial charge on any atom is 0.263 e. The quantitative estimate of drug-likeness (QED) is 0.428. The summed E-state index contributed by atoms with van der Waals surface area (Å²) in [6.45, 7) is 0. The van der Waals surface area contributed by atoms with Crippen LogP contribution in [0.4, 0.5) is 5.82 Å². The van der Waals surface area contributed by atoms with Crippen molar-refractivity contribution >= 4 is 61.4 Å². The number of rotatable bonds is 5. The molecule has 0 amide bonds. The Morgan fingerprint density at radius 2 is 1.68 bits per heavy atom. The summed E-state index contributed by atoms with van der Waals surface area (Å²) in [5.41, 5.74) is 1.93. The molecule has 0 saturated heterocycles. The van der Waals surface area contributed by atoms with E-state index < -0.39 is 10.0 Å². The molecule has 5 nitrogen and oxygen atoms in total. The maximum absolute atomic E-state index is 13.0. The van der Waals surface area contributed by atoms with Crippen LogP contribution in [0.1, 0.15) is 5.69 Å². The van der Waals surface area contributed by atoms with E-state index in [1.165, 1.54) is 23.5 Å². The molecule has 0 saturated carbocycles. The van der Waals surface area contributed by atoms with Gasteiger partial charge in [0, 0.05) is 10.9 Å². The van der Waals surface area contributed by atoms with Gasteiger partial charge in [0.05, 0.1) is 10.6 Å². The summed E-state index contributed by atoms with van der Waals surface area (Å²) >= 11 is 13.0. The van der Waals surface area contributed by atoms with E-state index in [4.69, 9.17) is 23.2 Å². The van der Waals surface area contributed by atoms with Crippen LogP contribution in [0.2, 0.25) is 0 Å². The highest BCUT2D eigenvalue weighted by atomic mass is 35.5. The van der Waals surface area contributed by atoms with Crippen molar-refractivity contribution in [3.05, 3.63) is 76.2 Å². The van der Waals surface area contributed by atoms with Gasteiger partial charge in [-0.15, -0.1) is 11.3 Å². The molecule has 0 aliphatic rings. The topological polar surface area (TPSA) is 63.5 Å². The van der Waals surface area contributed by atoms with Crippen molar-refractivity contribution in [2.24, 2.45) is 0 Å². The molecule has 0 unspecified atom stereocenters. The minimum atomic E-state index is -3.82. The monoisotopic (exact) mass is 449 g/mol. The van der Waals surface area contributed by atoms with Crippen LogP contribution in [-0.2, 0) is 10.0 Å². The van der Waals surface area contributed by atoms with Gasteiger partial charge in [0.25, 0.3) is 10.0 Å². The molecule has 28 heavy (non-hydrogen) atoms. The van der Waals surface area contributed by atoms with Gasteiger partial charge in [-0.25, -0.2) is 13.4 Å². The molecule has 2 aromatic carbocycles. The Morgan fingerprint density at radius 1 is 1.04 bits per heavy atom. The van der Waals surface area contributed by atoms with E-state index in [9.17, 15) is 8.42 Å². The number of hydrogen-bond donors (Lipinski definition) is 1. The van der Waals surface area contributed by atoms with Gasteiger partial charge in [0.1, 0.15) is 10.2 Å². The first-order valence-corrected chi connectivity index (χ1v) is 11.2. The highest BCUT2D eigenvalue weighted by Crippen LogP contribution is 2.34. The fourth-order valence-corrected chi connectivity index (χ4v) is 4.92. The molecule has 1 N–H and O–H groups in total. The lowest BCUT2D eigenvalue weighted by Gasteiger charge is -2.10. The smallest absolute Gasteiger partial charge is 0.263 e. The molecular formula is C19H13Cl2N3O2S2. The molecule has 2 heterocycles. The molecule has 142 valence electrons. The Hall–Kier alpha value is -2.32. The summed E-state index contributed by atoms with van der Waals surface area (Å²) in [5.74, 6) is 0.326. The average molecular weight is 450 g/mol. The number of hydrogen-bond acceptors (Lipinski definition) is 4. The number of fused-ring (bicyclic) bond motifs is 1. The Morgan fingerprint density at radius 3 is 2.32 bits per heavy atom. The van der Waals surface area contributed by atoms with Crippen LogP contribution in [0.25, 0.3) is 22.3 Å². The molecular weight excluding hydrogens is 437 g/mol. The second kappa shape index (κ2) is 7.60. The van der Waals surface area contributed by atoms with Crippen molar-refractivity contribution in [3.63, 3.8) is 0 Å². The highest BCUT2D eigenvalue weighted by molar-refractivity contribution is 7.92. The zero-order valence-corrected chi connectivity index (χ0v) is 17.4. The molecule has 2 aromatic heterocycles. The lowest BCUT2D eigenvalue weighted by atomic mass is 10.1. The summed E-state index contributed by atoms with van der Waals surface area (Å²) in [7, 11) is -3.82. The number of thiazole rings is 1. The standard InChI is InChI=1S/C19H13Cl2N3O2S2/c20-16(21)11-14-12-27-19-22-17(13-7-3-1-4-8-13)18(24(14)19)23-28(25,26)15-9-5-2-6-10-15/h1-12,23H. The number of imidazole rings is 1. The number of nitrogens with zero attached hydrogens (tertiary/aromatic N) is 2. The van der Waals surface area contributed by atoms with Gasteiger partial charge in [-0.05, 0) is 18.2 Å². The SMILES string of the molecule is O=S(=O)(Nc1c(-c2ccccc2)nc2scc(C=C(Cl)Cl)n12)c1ccccc1. The van der Waals surface area contributed by atoms with Gasteiger partial charge in [-0.1, -0.05) is 71.7 Å². The lowest BCUT2D eigenvalue weighted by molar-refractivity contribution is 0.601. The van der Waals surface area contributed by atoms with Crippen LogP contribution in [0.15, 0.2) is 75.4 Å². The Labute approximate surface area is 175 Å². The fraction of sp³-hybridized carbons (Fsp3) is 0. The molecule has 0 spiro atoms. The van der Waals surface area contributed by atoms with Crippen molar-refractivity contribution < 1.29 is 8.42 Å². The average Bonchev–Trinajstić information content (AvgIpc) is 3.23. The zero-order valence-electron chi connectivity index (χ0n) is 14.2. The van der Waals surface area contributed by atoms with E-state index in [-0.39, 0.29) is 9.39 Å². The van der Waals surface area contributed by atoms with Crippen molar-refractivity contribution in [1.29, 1.82) is 0 Å². The first-order chi connectivity index (χ1) is 13.5. The van der Waals surface area contributed by atoms with Crippen molar-refractivity contribution in [2.45, 2.75) is 4.90 Å². The van der Waals surface area contributed by atoms with E-state index in [2.05, 4.69) is 9.71 Å². The molecule has 0 aliphatic carbocycles. The normalized spacial score (nSPS) is 11.5. The summed E-state index contributed by atoms with van der Waals surface area (Å²) < 4.78 is 30.4.